The van der Waals surface area contributed by atoms with Gasteiger partial charge in [0, 0.05) is 52.3 Å². The highest BCUT2D eigenvalue weighted by atomic mass is 16.5. The molecule has 0 saturated carbocycles. The average molecular weight is 336 g/mol. The monoisotopic (exact) mass is 336 g/mol. The minimum absolute atomic E-state index is 0.106. The van der Waals surface area contributed by atoms with Gasteiger partial charge in [-0.2, -0.15) is 0 Å². The predicted octanol–water partition coefficient (Wildman–Crippen LogP) is 1.09. The van der Waals surface area contributed by atoms with Crippen LogP contribution < -0.4 is 5.32 Å². The minimum atomic E-state index is -0.469. The third-order valence-electron chi connectivity index (χ3n) is 3.89. The number of piperidine rings is 1. The van der Waals surface area contributed by atoms with Crippen molar-refractivity contribution in [2.45, 2.75) is 32.2 Å². The maximum Gasteiger partial charge on any atom is 0.357 e. The molecule has 24 heavy (non-hydrogen) atoms. The first-order valence-electron chi connectivity index (χ1n) is 8.10. The van der Waals surface area contributed by atoms with Crippen molar-refractivity contribution in [1.82, 2.24) is 14.9 Å². The van der Waals surface area contributed by atoms with E-state index in [1.54, 1.807) is 20.1 Å². The van der Waals surface area contributed by atoms with Gasteiger partial charge in [0.1, 0.15) is 12.1 Å². The van der Waals surface area contributed by atoms with Crippen LogP contribution in [0.5, 0.6) is 0 Å². The number of likely N-dealkylation sites (tertiary alicyclic amines) is 1. The summed E-state index contributed by atoms with van der Waals surface area (Å²) >= 11 is 0. The van der Waals surface area contributed by atoms with Crippen molar-refractivity contribution in [3.8, 4) is 0 Å². The summed E-state index contributed by atoms with van der Waals surface area (Å²) in [6.07, 6.45) is 3.69. The number of aromatic nitrogens is 2. The zero-order valence-corrected chi connectivity index (χ0v) is 14.2. The van der Waals surface area contributed by atoms with Gasteiger partial charge in [-0.3, -0.25) is 4.79 Å². The van der Waals surface area contributed by atoms with Crippen LogP contribution in [0, 0.1) is 0 Å². The molecular formula is C16H24N4O4. The first kappa shape index (κ1) is 18.1. The second kappa shape index (κ2) is 9.17. The van der Waals surface area contributed by atoms with E-state index in [4.69, 9.17) is 9.47 Å². The van der Waals surface area contributed by atoms with Gasteiger partial charge in [0.2, 0.25) is 5.91 Å². The molecule has 1 aliphatic heterocycles. The molecule has 2 heterocycles. The second-order valence-electron chi connectivity index (χ2n) is 5.70. The van der Waals surface area contributed by atoms with Gasteiger partial charge in [-0.15, -0.1) is 0 Å². The van der Waals surface area contributed by atoms with E-state index in [0.29, 0.717) is 25.5 Å². The summed E-state index contributed by atoms with van der Waals surface area (Å²) in [6.45, 7) is 3.88. The molecule has 1 fully saturated rings. The fourth-order valence-corrected chi connectivity index (χ4v) is 2.54. The summed E-state index contributed by atoms with van der Waals surface area (Å²) in [5.41, 5.74) is 0.228. The highest BCUT2D eigenvalue weighted by molar-refractivity contribution is 5.87. The number of amides is 1. The highest BCUT2D eigenvalue weighted by Gasteiger charge is 2.21. The molecule has 1 N–H and O–H groups in total. The Morgan fingerprint density at radius 3 is 2.71 bits per heavy atom. The van der Waals surface area contributed by atoms with Crippen molar-refractivity contribution in [1.29, 1.82) is 0 Å². The fourth-order valence-electron chi connectivity index (χ4n) is 2.54. The van der Waals surface area contributed by atoms with Gasteiger partial charge >= 0.3 is 5.97 Å². The van der Waals surface area contributed by atoms with Crippen molar-refractivity contribution < 1.29 is 19.1 Å². The molecule has 1 aromatic heterocycles. The molecule has 1 aromatic rings. The first-order valence-corrected chi connectivity index (χ1v) is 8.10. The molecular weight excluding hydrogens is 312 g/mol. The molecule has 0 aliphatic carbocycles. The zero-order valence-electron chi connectivity index (χ0n) is 14.2. The minimum Gasteiger partial charge on any atom is -0.461 e. The van der Waals surface area contributed by atoms with Gasteiger partial charge in [-0.25, -0.2) is 14.8 Å². The quantitative estimate of drug-likeness (QED) is 0.588. The van der Waals surface area contributed by atoms with E-state index in [9.17, 15) is 9.59 Å². The van der Waals surface area contributed by atoms with Gasteiger partial charge < -0.3 is 19.7 Å². The lowest BCUT2D eigenvalue weighted by Gasteiger charge is -2.31. The average Bonchev–Trinajstić information content (AvgIpc) is 2.59. The van der Waals surface area contributed by atoms with Crippen molar-refractivity contribution in [2.24, 2.45) is 0 Å². The van der Waals surface area contributed by atoms with Crippen LogP contribution in [-0.2, 0) is 14.3 Å². The topological polar surface area (TPSA) is 93.7 Å². The van der Waals surface area contributed by atoms with E-state index in [1.807, 2.05) is 4.90 Å². The number of hydrogen-bond donors (Lipinski definition) is 1. The molecule has 0 atom stereocenters. The van der Waals surface area contributed by atoms with E-state index >= 15 is 0 Å². The molecule has 8 heteroatoms. The molecule has 8 nitrogen and oxygen atoms in total. The zero-order chi connectivity index (χ0) is 17.4. The van der Waals surface area contributed by atoms with Crippen LogP contribution in [0.2, 0.25) is 0 Å². The number of ether oxygens (including phenoxy) is 2. The largest absolute Gasteiger partial charge is 0.461 e. The van der Waals surface area contributed by atoms with Crippen LogP contribution in [0.25, 0.3) is 0 Å². The van der Waals surface area contributed by atoms with Gasteiger partial charge in [-0.05, 0) is 12.8 Å². The molecule has 2 rings (SSSR count). The Balaban J connectivity index is 1.84. The van der Waals surface area contributed by atoms with E-state index in [1.165, 1.54) is 6.33 Å². The summed E-state index contributed by atoms with van der Waals surface area (Å²) in [5.74, 6) is 0.229. The number of nitrogens with zero attached hydrogens (tertiary/aromatic N) is 3. The molecule has 0 bridgehead atoms. The summed E-state index contributed by atoms with van der Waals surface area (Å²) < 4.78 is 10.0. The number of hydrogen-bond acceptors (Lipinski definition) is 7. The molecule has 1 saturated heterocycles. The van der Waals surface area contributed by atoms with Crippen LogP contribution in [0.3, 0.4) is 0 Å². The number of carbonyl (C=O) groups is 2. The summed E-state index contributed by atoms with van der Waals surface area (Å²) in [7, 11) is 1.60. The van der Waals surface area contributed by atoms with Crippen molar-refractivity contribution in [3.63, 3.8) is 0 Å². The molecule has 1 aliphatic rings. The molecule has 0 radical (unpaired) electrons. The van der Waals surface area contributed by atoms with E-state index in [2.05, 4.69) is 15.3 Å². The maximum absolute atomic E-state index is 11.9. The van der Waals surface area contributed by atoms with Gasteiger partial charge in [0.15, 0.2) is 5.69 Å². The van der Waals surface area contributed by atoms with Crippen LogP contribution in [0.1, 0.15) is 36.7 Å². The van der Waals surface area contributed by atoms with Crippen molar-refractivity contribution in [3.05, 3.63) is 18.1 Å². The Bertz CT molecular complexity index is 559. The van der Waals surface area contributed by atoms with E-state index in [0.717, 1.165) is 25.9 Å². The summed E-state index contributed by atoms with van der Waals surface area (Å²) in [5, 5.41) is 3.30. The van der Waals surface area contributed by atoms with Crippen LogP contribution in [-0.4, -0.2) is 66.2 Å². The Labute approximate surface area is 141 Å². The Morgan fingerprint density at radius 1 is 1.29 bits per heavy atom. The Kier molecular flexibility index (Phi) is 6.92. The van der Waals surface area contributed by atoms with Crippen LogP contribution in [0.4, 0.5) is 5.82 Å². The van der Waals surface area contributed by atoms with Crippen molar-refractivity contribution >= 4 is 17.7 Å². The number of carbonyl (C=O) groups excluding carboxylic acids is 2. The molecule has 0 aromatic carbocycles. The Morgan fingerprint density at radius 2 is 2.04 bits per heavy atom. The van der Waals surface area contributed by atoms with Gasteiger partial charge in [0.05, 0.1) is 6.61 Å². The third-order valence-corrected chi connectivity index (χ3v) is 3.89. The highest BCUT2D eigenvalue weighted by Crippen LogP contribution is 2.15. The smallest absolute Gasteiger partial charge is 0.357 e. The summed E-state index contributed by atoms with van der Waals surface area (Å²) in [4.78, 5) is 33.2. The second-order valence-corrected chi connectivity index (χ2v) is 5.70. The Hall–Kier alpha value is -2.22. The van der Waals surface area contributed by atoms with Gasteiger partial charge in [-0.1, -0.05) is 0 Å². The standard InChI is InChI=1S/C16H24N4O4/c1-12(21)20-6-4-13(5-7-20)19-15-10-14(17-11-18-15)16(22)24-9-3-8-23-2/h10-11,13H,3-9H2,1-2H3,(H,17,18,19). The number of nitrogens with one attached hydrogen (secondary N) is 1. The van der Waals surface area contributed by atoms with E-state index in [-0.39, 0.29) is 17.6 Å². The maximum atomic E-state index is 11.9. The normalized spacial score (nSPS) is 15.2. The number of esters is 1. The SMILES string of the molecule is COCCCOC(=O)c1cc(NC2CCN(C(C)=O)CC2)ncn1. The van der Waals surface area contributed by atoms with Gasteiger partial charge in [0.25, 0.3) is 0 Å². The first-order chi connectivity index (χ1) is 11.6. The van der Waals surface area contributed by atoms with Crippen LogP contribution >= 0.6 is 0 Å². The van der Waals surface area contributed by atoms with Crippen LogP contribution in [0.15, 0.2) is 12.4 Å². The van der Waals surface area contributed by atoms with Crippen molar-refractivity contribution in [2.75, 3.05) is 38.7 Å². The molecule has 132 valence electrons. The lowest BCUT2D eigenvalue weighted by Crippen LogP contribution is -2.41. The number of rotatable bonds is 7. The number of methoxy groups -OCH3 is 1. The molecule has 1 amide bonds. The lowest BCUT2D eigenvalue weighted by molar-refractivity contribution is -0.129. The molecule has 0 unspecified atom stereocenters. The van der Waals surface area contributed by atoms with E-state index < -0.39 is 5.97 Å². The number of anilines is 1. The summed E-state index contributed by atoms with van der Waals surface area (Å²) in [6, 6.07) is 1.82. The molecule has 0 spiro atoms. The predicted molar refractivity (Wildman–Crippen MR) is 87.7 cm³/mol. The fraction of sp³-hybridized carbons (Fsp3) is 0.625. The lowest BCUT2D eigenvalue weighted by atomic mass is 10.1. The third kappa shape index (κ3) is 5.45.